The molecule has 0 aliphatic carbocycles. The van der Waals surface area contributed by atoms with Gasteiger partial charge in [0.25, 0.3) is 0 Å². The zero-order chi connectivity index (χ0) is 17.5. The number of rotatable bonds is 3. The fourth-order valence-electron chi connectivity index (χ4n) is 0. The molecule has 0 saturated carbocycles. The Morgan fingerprint density at radius 1 is 0.700 bits per heavy atom. The van der Waals surface area contributed by atoms with Crippen LogP contribution < -0.4 is 0 Å². The zero-order valence-corrected chi connectivity index (χ0v) is 14.1. The molecule has 0 radical (unpaired) electrons. The van der Waals surface area contributed by atoms with Gasteiger partial charge >= 0.3 is 17.9 Å². The van der Waals surface area contributed by atoms with E-state index in [1.807, 2.05) is 0 Å². The van der Waals surface area contributed by atoms with Crippen molar-refractivity contribution in [3.8, 4) is 0 Å². The zero-order valence-electron chi connectivity index (χ0n) is 12.1. The van der Waals surface area contributed by atoms with Crippen LogP contribution in [-0.2, 0) is 14.4 Å². The molecular weight excluding hydrogens is 287 g/mol. The molecule has 0 saturated heterocycles. The maximum absolute atomic E-state index is 9.64. The van der Waals surface area contributed by atoms with Crippen molar-refractivity contribution < 1.29 is 33.8 Å². The topological polar surface area (TPSA) is 112 Å². The molecule has 6 nitrogen and oxygen atoms in total. The molecule has 0 amide bonds. The van der Waals surface area contributed by atoms with Gasteiger partial charge in [-0.15, -0.1) is 0 Å². The van der Waals surface area contributed by atoms with Crippen molar-refractivity contribution >= 4 is 28.5 Å². The van der Waals surface area contributed by atoms with Crippen LogP contribution in [-0.4, -0.2) is 43.8 Å². The Balaban J connectivity index is -0.0000000902. The van der Waals surface area contributed by atoms with Crippen molar-refractivity contribution in [3.05, 3.63) is 36.5 Å². The van der Waals surface area contributed by atoms with Crippen molar-refractivity contribution in [1.82, 2.24) is 0 Å². The van der Waals surface area contributed by atoms with Gasteiger partial charge in [0.05, 0.1) is 0 Å². The molecule has 8 heteroatoms. The molecule has 0 bridgehead atoms. The average molecular weight is 308 g/mol. The second-order valence-electron chi connectivity index (χ2n) is 3.26. The summed E-state index contributed by atoms with van der Waals surface area (Å²) in [4.78, 5) is 28.8. The first-order valence-corrected chi connectivity index (χ1v) is 5.73. The summed E-state index contributed by atoms with van der Waals surface area (Å²) in [6, 6.07) is 0. The van der Waals surface area contributed by atoms with Crippen molar-refractivity contribution in [3.63, 3.8) is 0 Å². The summed E-state index contributed by atoms with van der Waals surface area (Å²) >= 11 is 0. The van der Waals surface area contributed by atoms with Gasteiger partial charge in [-0.3, -0.25) is 0 Å². The molecule has 0 heterocycles. The highest BCUT2D eigenvalue weighted by Crippen LogP contribution is 1.82. The Bertz CT molecular complexity index is 283. The van der Waals surface area contributed by atoms with Gasteiger partial charge in [0, 0.05) is 16.7 Å². The Hall–Kier alpha value is -2.22. The minimum atomic E-state index is -0.935. The van der Waals surface area contributed by atoms with Crippen LogP contribution in [0.5, 0.6) is 0 Å². The second kappa shape index (κ2) is 16.8. The molecule has 0 aromatic rings. The molecule has 0 aromatic carbocycles. The predicted octanol–water partition coefficient (Wildman–Crippen LogP) is 1.18. The maximum Gasteiger partial charge on any atom is 0.330 e. The first kappa shape index (κ1) is 26.4. The van der Waals surface area contributed by atoms with Gasteiger partial charge in [0.15, 0.2) is 0 Å². The Morgan fingerprint density at radius 3 is 0.750 bits per heavy atom. The molecule has 0 fully saturated rings. The van der Waals surface area contributed by atoms with Crippen LogP contribution in [0.1, 0.15) is 20.8 Å². The van der Waals surface area contributed by atoms with Crippen LogP contribution in [0, 0.1) is 0 Å². The van der Waals surface area contributed by atoms with Gasteiger partial charge in [0.2, 0.25) is 10.6 Å². The van der Waals surface area contributed by atoms with E-state index in [0.717, 1.165) is 0 Å². The van der Waals surface area contributed by atoms with Gasteiger partial charge in [-0.2, -0.15) is 0 Å². The van der Waals surface area contributed by atoms with E-state index in [-0.39, 0.29) is 27.3 Å². The number of hydrogen-bond donors (Lipinski definition) is 3. The molecule has 116 valence electrons. The highest BCUT2D eigenvalue weighted by atomic mass is 28.2. The van der Waals surface area contributed by atoms with Crippen LogP contribution in [0.15, 0.2) is 36.5 Å². The quantitative estimate of drug-likeness (QED) is 0.410. The highest BCUT2D eigenvalue weighted by Gasteiger charge is 1.91. The number of aliphatic carboxylic acids is 3. The predicted molar refractivity (Wildman–Crippen MR) is 78.4 cm³/mol. The third kappa shape index (κ3) is 36.0. The summed E-state index contributed by atoms with van der Waals surface area (Å²) < 4.78 is 9.64. The lowest BCUT2D eigenvalue weighted by atomic mass is 10.4. The molecule has 0 atom stereocenters. The standard InChI is InChI=1S/3C4H6O2.FH3Si/c3*1-3(2)4(5)6;1-2/h3*1H2,2H3,(H,5,6);2H3. The number of carboxylic acids is 3. The molecule has 3 N–H and O–H groups in total. The Labute approximate surface area is 120 Å². The largest absolute Gasteiger partial charge is 0.478 e. The fourth-order valence-corrected chi connectivity index (χ4v) is 0. The van der Waals surface area contributed by atoms with E-state index in [1.54, 1.807) is 0 Å². The van der Waals surface area contributed by atoms with Crippen molar-refractivity contribution in [2.24, 2.45) is 0 Å². The van der Waals surface area contributed by atoms with Crippen LogP contribution >= 0.6 is 0 Å². The van der Waals surface area contributed by atoms with E-state index in [1.165, 1.54) is 20.8 Å². The lowest BCUT2D eigenvalue weighted by Gasteiger charge is -1.79. The SMILES string of the molecule is C=C(C)C(=O)O.C=C(C)C(=O)O.C=C(C)C(=O)O.F[SiH3]. The van der Waals surface area contributed by atoms with Gasteiger partial charge in [0.1, 0.15) is 0 Å². The van der Waals surface area contributed by atoms with Gasteiger partial charge < -0.3 is 19.4 Å². The lowest BCUT2D eigenvalue weighted by Crippen LogP contribution is -1.92. The van der Waals surface area contributed by atoms with E-state index in [4.69, 9.17) is 15.3 Å². The lowest BCUT2D eigenvalue weighted by molar-refractivity contribution is -0.133. The summed E-state index contributed by atoms with van der Waals surface area (Å²) in [5, 5.41) is 23.7. The molecule has 0 spiro atoms. The Morgan fingerprint density at radius 2 is 0.750 bits per heavy atom. The number of carbonyl (C=O) groups is 3. The molecule has 0 aliphatic rings. The van der Waals surface area contributed by atoms with Crippen molar-refractivity contribution in [2.45, 2.75) is 20.8 Å². The molecular formula is C12H21FO6Si. The number of halogens is 1. The Kier molecular flexibility index (Phi) is 22.1. The summed E-state index contributed by atoms with van der Waals surface area (Å²) in [5.74, 6) is -2.81. The van der Waals surface area contributed by atoms with Crippen molar-refractivity contribution in [2.75, 3.05) is 0 Å². The molecule has 0 rings (SSSR count). The van der Waals surface area contributed by atoms with Gasteiger partial charge in [-0.05, 0) is 20.8 Å². The highest BCUT2D eigenvalue weighted by molar-refractivity contribution is 5.96. The monoisotopic (exact) mass is 308 g/mol. The average Bonchev–Trinajstić information content (AvgIpc) is 2.32. The van der Waals surface area contributed by atoms with Gasteiger partial charge in [-0.25, -0.2) is 14.4 Å². The first-order valence-electron chi connectivity index (χ1n) is 4.97. The van der Waals surface area contributed by atoms with E-state index in [0.29, 0.717) is 0 Å². The summed E-state index contributed by atoms with van der Waals surface area (Å²) in [6.45, 7) is 13.8. The first-order chi connectivity index (χ1) is 8.93. The van der Waals surface area contributed by atoms with Gasteiger partial charge in [-0.1, -0.05) is 19.7 Å². The fraction of sp³-hybridized carbons (Fsp3) is 0.250. The third-order valence-corrected chi connectivity index (χ3v) is 1.10. The minimum absolute atomic E-state index is 0.176. The number of hydrogen-bond acceptors (Lipinski definition) is 3. The van der Waals surface area contributed by atoms with Crippen molar-refractivity contribution in [1.29, 1.82) is 0 Å². The molecule has 20 heavy (non-hydrogen) atoms. The van der Waals surface area contributed by atoms with Crippen LogP contribution in [0.2, 0.25) is 0 Å². The van der Waals surface area contributed by atoms with E-state index >= 15 is 0 Å². The van der Waals surface area contributed by atoms with E-state index in [2.05, 4.69) is 19.7 Å². The smallest absolute Gasteiger partial charge is 0.330 e. The van der Waals surface area contributed by atoms with Crippen LogP contribution in [0.3, 0.4) is 0 Å². The summed E-state index contributed by atoms with van der Waals surface area (Å²) in [7, 11) is -0.194. The second-order valence-corrected chi connectivity index (χ2v) is 3.26. The molecule has 0 aliphatic heterocycles. The molecule has 0 aromatic heterocycles. The normalized spacial score (nSPS) is 7.20. The van der Waals surface area contributed by atoms with E-state index in [9.17, 15) is 18.5 Å². The summed E-state index contributed by atoms with van der Waals surface area (Å²) in [6.07, 6.45) is 0. The van der Waals surface area contributed by atoms with Crippen LogP contribution in [0.25, 0.3) is 0 Å². The third-order valence-electron chi connectivity index (χ3n) is 1.10. The minimum Gasteiger partial charge on any atom is -0.478 e. The number of carboxylic acid groups (broad SMARTS) is 3. The van der Waals surface area contributed by atoms with E-state index < -0.39 is 17.9 Å². The maximum atomic E-state index is 9.64. The molecule has 0 unspecified atom stereocenters. The van der Waals surface area contributed by atoms with Crippen LogP contribution in [0.4, 0.5) is 4.11 Å². The summed E-state index contributed by atoms with van der Waals surface area (Å²) in [5.41, 5.74) is 0.528.